The van der Waals surface area contributed by atoms with Crippen molar-refractivity contribution in [1.82, 2.24) is 0 Å². The second-order valence-electron chi connectivity index (χ2n) is 5.61. The van der Waals surface area contributed by atoms with Gasteiger partial charge in [0.1, 0.15) is 7.85 Å². The van der Waals surface area contributed by atoms with Gasteiger partial charge in [0, 0.05) is 0 Å². The van der Waals surface area contributed by atoms with Crippen molar-refractivity contribution in [3.63, 3.8) is 0 Å². The normalized spacial score (nSPS) is 13.9. The molecule has 0 amide bonds. The molecule has 0 nitrogen and oxygen atoms in total. The molecule has 0 aliphatic rings. The van der Waals surface area contributed by atoms with Crippen LogP contribution in [0.4, 0.5) is 0 Å². The first kappa shape index (κ1) is 14.1. The van der Waals surface area contributed by atoms with E-state index in [4.69, 9.17) is 0 Å². The maximum atomic E-state index is 2.35. The zero-order chi connectivity index (χ0) is 11.0. The third kappa shape index (κ3) is 8.65. The molecular formula is C13H29B. The Labute approximate surface area is 92.3 Å². The molecule has 0 aromatic carbocycles. The molecule has 0 bridgehead atoms. The molecule has 0 aromatic rings. The lowest BCUT2D eigenvalue weighted by Gasteiger charge is -2.18. The first-order valence-corrected chi connectivity index (χ1v) is 6.56. The summed E-state index contributed by atoms with van der Waals surface area (Å²) in [5.41, 5.74) is 0. The first-order valence-electron chi connectivity index (χ1n) is 6.56. The summed E-state index contributed by atoms with van der Waals surface area (Å²) in [7, 11) is 2.32. The van der Waals surface area contributed by atoms with E-state index < -0.39 is 0 Å². The molecular weight excluding hydrogens is 167 g/mol. The van der Waals surface area contributed by atoms with E-state index in [2.05, 4.69) is 35.5 Å². The molecule has 14 heavy (non-hydrogen) atoms. The van der Waals surface area contributed by atoms with Crippen LogP contribution in [0.3, 0.4) is 0 Å². The van der Waals surface area contributed by atoms with Crippen molar-refractivity contribution in [2.75, 3.05) is 0 Å². The van der Waals surface area contributed by atoms with Crippen LogP contribution in [0.25, 0.3) is 0 Å². The van der Waals surface area contributed by atoms with Gasteiger partial charge in [-0.3, -0.25) is 0 Å². The SMILES string of the molecule is BCCC(CCCC(C)C)CC(C)C. The Balaban J connectivity index is 3.61. The van der Waals surface area contributed by atoms with Crippen LogP contribution in [0.5, 0.6) is 0 Å². The van der Waals surface area contributed by atoms with Gasteiger partial charge in [0.2, 0.25) is 0 Å². The molecule has 1 unspecified atom stereocenters. The predicted molar refractivity (Wildman–Crippen MR) is 69.6 cm³/mol. The molecule has 1 heteroatoms. The highest BCUT2D eigenvalue weighted by atomic mass is 14.1. The minimum absolute atomic E-state index is 0.880. The van der Waals surface area contributed by atoms with Gasteiger partial charge in [-0.1, -0.05) is 59.7 Å². The molecule has 84 valence electrons. The average molecular weight is 196 g/mol. The summed E-state index contributed by atoms with van der Waals surface area (Å²) in [4.78, 5) is 0. The highest BCUT2D eigenvalue weighted by Crippen LogP contribution is 2.23. The Morgan fingerprint density at radius 3 is 1.93 bits per heavy atom. The first-order chi connectivity index (χ1) is 6.56. The summed E-state index contributed by atoms with van der Waals surface area (Å²) in [6.07, 6.45) is 8.55. The smallest absolute Gasteiger partial charge is 0.0808 e. The Morgan fingerprint density at radius 2 is 1.50 bits per heavy atom. The molecule has 0 aliphatic carbocycles. The summed E-state index contributed by atoms with van der Waals surface area (Å²) >= 11 is 0. The lowest BCUT2D eigenvalue weighted by atomic mass is 9.84. The van der Waals surface area contributed by atoms with Gasteiger partial charge in [-0.15, -0.1) is 0 Å². The fourth-order valence-electron chi connectivity index (χ4n) is 2.27. The number of hydrogen-bond acceptors (Lipinski definition) is 0. The third-order valence-electron chi connectivity index (χ3n) is 2.90. The van der Waals surface area contributed by atoms with E-state index in [0.717, 1.165) is 17.8 Å². The van der Waals surface area contributed by atoms with E-state index in [-0.39, 0.29) is 0 Å². The lowest BCUT2D eigenvalue weighted by molar-refractivity contribution is 0.355. The quantitative estimate of drug-likeness (QED) is 0.516. The largest absolute Gasteiger partial charge is 0.101 e. The molecule has 0 spiro atoms. The number of rotatable bonds is 8. The fourth-order valence-corrected chi connectivity index (χ4v) is 2.27. The van der Waals surface area contributed by atoms with Gasteiger partial charge in [-0.25, -0.2) is 0 Å². The molecule has 0 saturated carbocycles. The van der Waals surface area contributed by atoms with Crippen LogP contribution >= 0.6 is 0 Å². The summed E-state index contributed by atoms with van der Waals surface area (Å²) in [5.74, 6) is 2.76. The third-order valence-corrected chi connectivity index (χ3v) is 2.90. The van der Waals surface area contributed by atoms with Crippen molar-refractivity contribution in [3.05, 3.63) is 0 Å². The zero-order valence-corrected chi connectivity index (χ0v) is 11.0. The van der Waals surface area contributed by atoms with E-state index in [1.807, 2.05) is 0 Å². The highest BCUT2D eigenvalue weighted by Gasteiger charge is 2.09. The van der Waals surface area contributed by atoms with Crippen molar-refractivity contribution in [2.45, 2.75) is 66.1 Å². The van der Waals surface area contributed by atoms with Crippen molar-refractivity contribution in [1.29, 1.82) is 0 Å². The van der Waals surface area contributed by atoms with Crippen LogP contribution in [-0.2, 0) is 0 Å². The Hall–Kier alpha value is 0.0649. The minimum Gasteiger partial charge on any atom is -0.0808 e. The van der Waals surface area contributed by atoms with Crippen LogP contribution in [0.15, 0.2) is 0 Å². The van der Waals surface area contributed by atoms with Gasteiger partial charge in [0.15, 0.2) is 0 Å². The summed E-state index contributed by atoms with van der Waals surface area (Å²) in [5, 5.41) is 0. The van der Waals surface area contributed by atoms with Crippen molar-refractivity contribution < 1.29 is 0 Å². The second-order valence-corrected chi connectivity index (χ2v) is 5.61. The Kier molecular flexibility index (Phi) is 8.42. The standard InChI is InChI=1S/C13H29B/c1-11(2)6-5-7-13(8-9-14)10-12(3)4/h11-13H,5-10,14H2,1-4H3. The molecule has 0 N–H and O–H groups in total. The molecule has 0 radical (unpaired) electrons. The molecule has 1 atom stereocenters. The van der Waals surface area contributed by atoms with Crippen LogP contribution < -0.4 is 0 Å². The van der Waals surface area contributed by atoms with E-state index in [1.165, 1.54) is 38.4 Å². The molecule has 0 saturated heterocycles. The van der Waals surface area contributed by atoms with E-state index in [1.54, 1.807) is 0 Å². The maximum absolute atomic E-state index is 2.35. The Morgan fingerprint density at radius 1 is 0.857 bits per heavy atom. The predicted octanol–water partition coefficient (Wildman–Crippen LogP) is 3.92. The highest BCUT2D eigenvalue weighted by molar-refractivity contribution is 6.08. The van der Waals surface area contributed by atoms with E-state index in [9.17, 15) is 0 Å². The van der Waals surface area contributed by atoms with Crippen LogP contribution in [0.2, 0.25) is 6.32 Å². The van der Waals surface area contributed by atoms with Gasteiger partial charge < -0.3 is 0 Å². The topological polar surface area (TPSA) is 0 Å². The summed E-state index contributed by atoms with van der Waals surface area (Å²) in [6, 6.07) is 0. The number of hydrogen-bond donors (Lipinski definition) is 0. The van der Waals surface area contributed by atoms with Crippen LogP contribution in [0, 0.1) is 17.8 Å². The summed E-state index contributed by atoms with van der Waals surface area (Å²) in [6.45, 7) is 9.37. The summed E-state index contributed by atoms with van der Waals surface area (Å²) < 4.78 is 0. The van der Waals surface area contributed by atoms with Crippen LogP contribution in [-0.4, -0.2) is 7.85 Å². The maximum Gasteiger partial charge on any atom is 0.101 e. The molecule has 0 aromatic heterocycles. The van der Waals surface area contributed by atoms with Crippen molar-refractivity contribution >= 4 is 7.85 Å². The van der Waals surface area contributed by atoms with E-state index >= 15 is 0 Å². The van der Waals surface area contributed by atoms with Gasteiger partial charge in [-0.2, -0.15) is 0 Å². The average Bonchev–Trinajstić information content (AvgIpc) is 2.02. The van der Waals surface area contributed by atoms with Gasteiger partial charge in [0.05, 0.1) is 0 Å². The minimum atomic E-state index is 0.880. The molecule has 0 aliphatic heterocycles. The molecule has 0 fully saturated rings. The molecule has 0 heterocycles. The van der Waals surface area contributed by atoms with Gasteiger partial charge >= 0.3 is 0 Å². The van der Waals surface area contributed by atoms with Crippen molar-refractivity contribution in [2.24, 2.45) is 17.8 Å². The van der Waals surface area contributed by atoms with Gasteiger partial charge in [-0.05, 0) is 24.2 Å². The monoisotopic (exact) mass is 196 g/mol. The lowest BCUT2D eigenvalue weighted by Crippen LogP contribution is -2.05. The van der Waals surface area contributed by atoms with Gasteiger partial charge in [0.25, 0.3) is 0 Å². The van der Waals surface area contributed by atoms with Crippen molar-refractivity contribution in [3.8, 4) is 0 Å². The Bertz CT molecular complexity index is 118. The fraction of sp³-hybridized carbons (Fsp3) is 1.00. The second kappa shape index (κ2) is 8.38. The van der Waals surface area contributed by atoms with E-state index in [0.29, 0.717) is 0 Å². The van der Waals surface area contributed by atoms with Crippen LogP contribution in [0.1, 0.15) is 59.8 Å². The molecule has 0 rings (SSSR count). The zero-order valence-electron chi connectivity index (χ0n) is 11.0.